The molecular formula is C14H14F3N3O. The lowest BCUT2D eigenvalue weighted by molar-refractivity contribution is -0.137. The van der Waals surface area contributed by atoms with Gasteiger partial charge >= 0.3 is 6.18 Å². The molecule has 0 amide bonds. The van der Waals surface area contributed by atoms with Gasteiger partial charge < -0.3 is 9.84 Å². The second-order valence-corrected chi connectivity index (χ2v) is 5.11. The predicted molar refractivity (Wildman–Crippen MR) is 68.8 cm³/mol. The van der Waals surface area contributed by atoms with Gasteiger partial charge in [0.05, 0.1) is 11.5 Å². The van der Waals surface area contributed by atoms with E-state index < -0.39 is 11.7 Å². The summed E-state index contributed by atoms with van der Waals surface area (Å²) in [5.74, 6) is 1.17. The summed E-state index contributed by atoms with van der Waals surface area (Å²) >= 11 is 0. The van der Waals surface area contributed by atoms with E-state index in [1.807, 2.05) is 0 Å². The number of halogens is 3. The zero-order chi connectivity index (χ0) is 14.9. The highest BCUT2D eigenvalue weighted by Gasteiger charge is 2.30. The Morgan fingerprint density at radius 1 is 1.33 bits per heavy atom. The number of hydrogen-bond donors (Lipinski definition) is 1. The molecule has 0 radical (unpaired) electrons. The lowest BCUT2D eigenvalue weighted by Gasteiger charge is -2.07. The van der Waals surface area contributed by atoms with Crippen LogP contribution in [0.5, 0.6) is 0 Å². The van der Waals surface area contributed by atoms with Gasteiger partial charge in [0.25, 0.3) is 0 Å². The van der Waals surface area contributed by atoms with Crippen LogP contribution in [0.15, 0.2) is 28.8 Å². The fourth-order valence-corrected chi connectivity index (χ4v) is 2.41. The molecule has 2 heterocycles. The minimum absolute atomic E-state index is 0.202. The molecule has 1 aromatic carbocycles. The summed E-state index contributed by atoms with van der Waals surface area (Å²) in [6.45, 7) is 1.71. The Balaban J connectivity index is 1.74. The van der Waals surface area contributed by atoms with Gasteiger partial charge in [0, 0.05) is 13.0 Å². The molecule has 1 saturated heterocycles. The molecular weight excluding hydrogens is 283 g/mol. The average molecular weight is 297 g/mol. The first kappa shape index (κ1) is 14.1. The van der Waals surface area contributed by atoms with Gasteiger partial charge in [-0.3, -0.25) is 0 Å². The molecule has 2 aromatic rings. The molecule has 1 aromatic heterocycles. The maximum atomic E-state index is 12.7. The lowest BCUT2D eigenvalue weighted by Crippen LogP contribution is -2.08. The van der Waals surface area contributed by atoms with Gasteiger partial charge in [-0.2, -0.15) is 18.2 Å². The van der Waals surface area contributed by atoms with E-state index in [1.54, 1.807) is 6.07 Å². The monoisotopic (exact) mass is 297 g/mol. The number of hydrogen-bond acceptors (Lipinski definition) is 4. The number of nitrogens with zero attached hydrogens (tertiary/aromatic N) is 2. The van der Waals surface area contributed by atoms with Crippen LogP contribution in [-0.4, -0.2) is 23.2 Å². The van der Waals surface area contributed by atoms with Gasteiger partial charge in [-0.25, -0.2) is 0 Å². The molecule has 3 rings (SSSR count). The minimum Gasteiger partial charge on any atom is -0.339 e. The first-order valence-corrected chi connectivity index (χ1v) is 6.72. The van der Waals surface area contributed by atoms with Crippen LogP contribution in [0.25, 0.3) is 0 Å². The van der Waals surface area contributed by atoms with Crippen molar-refractivity contribution < 1.29 is 17.7 Å². The predicted octanol–water partition coefficient (Wildman–Crippen LogP) is 2.76. The molecule has 21 heavy (non-hydrogen) atoms. The maximum absolute atomic E-state index is 12.7. The van der Waals surface area contributed by atoms with Crippen LogP contribution in [0.2, 0.25) is 0 Å². The van der Waals surface area contributed by atoms with Crippen molar-refractivity contribution in [3.8, 4) is 0 Å². The Morgan fingerprint density at radius 2 is 2.19 bits per heavy atom. The van der Waals surface area contributed by atoms with Crippen LogP contribution in [0.4, 0.5) is 13.2 Å². The third kappa shape index (κ3) is 3.24. The molecule has 1 fully saturated rings. The summed E-state index contributed by atoms with van der Waals surface area (Å²) in [5, 5.41) is 7.05. The Labute approximate surface area is 119 Å². The average Bonchev–Trinajstić information content (AvgIpc) is 3.08. The van der Waals surface area contributed by atoms with Gasteiger partial charge in [0.2, 0.25) is 5.89 Å². The van der Waals surface area contributed by atoms with Crippen molar-refractivity contribution in [2.75, 3.05) is 13.1 Å². The van der Waals surface area contributed by atoms with Gasteiger partial charge in [-0.1, -0.05) is 23.4 Å². The molecule has 112 valence electrons. The summed E-state index contributed by atoms with van der Waals surface area (Å²) in [7, 11) is 0. The second kappa shape index (κ2) is 5.48. The first-order chi connectivity index (χ1) is 10.0. The van der Waals surface area contributed by atoms with Crippen LogP contribution in [-0.2, 0) is 12.6 Å². The van der Waals surface area contributed by atoms with E-state index in [9.17, 15) is 13.2 Å². The highest BCUT2D eigenvalue weighted by Crippen LogP contribution is 2.30. The molecule has 4 nitrogen and oxygen atoms in total. The Hall–Kier alpha value is -1.89. The normalized spacial score (nSPS) is 19.1. The molecule has 0 spiro atoms. The molecule has 1 unspecified atom stereocenters. The zero-order valence-corrected chi connectivity index (χ0v) is 11.2. The van der Waals surface area contributed by atoms with Crippen LogP contribution >= 0.6 is 0 Å². The van der Waals surface area contributed by atoms with Gasteiger partial charge in [0.1, 0.15) is 0 Å². The molecule has 0 aliphatic carbocycles. The molecule has 1 N–H and O–H groups in total. The maximum Gasteiger partial charge on any atom is 0.416 e. The fourth-order valence-electron chi connectivity index (χ4n) is 2.41. The Morgan fingerprint density at radius 3 is 2.90 bits per heavy atom. The van der Waals surface area contributed by atoms with Crippen molar-refractivity contribution in [1.82, 2.24) is 15.5 Å². The molecule has 1 aliphatic rings. The van der Waals surface area contributed by atoms with E-state index in [2.05, 4.69) is 15.5 Å². The van der Waals surface area contributed by atoms with E-state index in [1.165, 1.54) is 6.07 Å². The molecule has 1 aliphatic heterocycles. The number of nitrogens with one attached hydrogen (secondary N) is 1. The fraction of sp³-hybridized carbons (Fsp3) is 0.429. The molecule has 7 heteroatoms. The quantitative estimate of drug-likeness (QED) is 0.946. The van der Waals surface area contributed by atoms with Crippen molar-refractivity contribution in [3.63, 3.8) is 0 Å². The highest BCUT2D eigenvalue weighted by molar-refractivity contribution is 5.27. The summed E-state index contributed by atoms with van der Waals surface area (Å²) in [5.41, 5.74) is -0.148. The first-order valence-electron chi connectivity index (χ1n) is 6.72. The SMILES string of the molecule is FC(F)(F)c1cccc(Cc2noc(C3CCNC3)n2)c1. The van der Waals surface area contributed by atoms with Crippen molar-refractivity contribution in [3.05, 3.63) is 47.1 Å². The molecule has 0 bridgehead atoms. The van der Waals surface area contributed by atoms with Crippen molar-refractivity contribution in [2.24, 2.45) is 0 Å². The third-order valence-electron chi connectivity index (χ3n) is 3.51. The lowest BCUT2D eigenvalue weighted by atomic mass is 10.1. The van der Waals surface area contributed by atoms with Crippen LogP contribution < -0.4 is 5.32 Å². The third-order valence-corrected chi connectivity index (χ3v) is 3.51. The van der Waals surface area contributed by atoms with E-state index in [-0.39, 0.29) is 12.3 Å². The van der Waals surface area contributed by atoms with Crippen molar-refractivity contribution in [1.29, 1.82) is 0 Å². The van der Waals surface area contributed by atoms with E-state index in [4.69, 9.17) is 4.52 Å². The van der Waals surface area contributed by atoms with Gasteiger partial charge in [-0.15, -0.1) is 0 Å². The second-order valence-electron chi connectivity index (χ2n) is 5.11. The van der Waals surface area contributed by atoms with Gasteiger partial charge in [-0.05, 0) is 24.6 Å². The number of benzene rings is 1. The van der Waals surface area contributed by atoms with Crippen molar-refractivity contribution >= 4 is 0 Å². The van der Waals surface area contributed by atoms with Crippen LogP contribution in [0.1, 0.15) is 35.2 Å². The van der Waals surface area contributed by atoms with E-state index >= 15 is 0 Å². The largest absolute Gasteiger partial charge is 0.416 e. The van der Waals surface area contributed by atoms with Crippen LogP contribution in [0.3, 0.4) is 0 Å². The standard InChI is InChI=1S/C14H14F3N3O/c15-14(16,17)11-3-1-2-9(6-11)7-12-19-13(21-20-12)10-4-5-18-8-10/h1-3,6,10,18H,4-5,7-8H2. The number of rotatable bonds is 3. The highest BCUT2D eigenvalue weighted by atomic mass is 19.4. The van der Waals surface area contributed by atoms with E-state index in [0.29, 0.717) is 17.3 Å². The summed E-state index contributed by atoms with van der Waals surface area (Å²) < 4.78 is 43.2. The number of aromatic nitrogens is 2. The Kier molecular flexibility index (Phi) is 3.67. The topological polar surface area (TPSA) is 51.0 Å². The molecule has 1 atom stereocenters. The summed E-state index contributed by atoms with van der Waals surface area (Å²) in [6.07, 6.45) is -3.17. The van der Waals surface area contributed by atoms with Crippen molar-refractivity contribution in [2.45, 2.75) is 24.9 Å². The smallest absolute Gasteiger partial charge is 0.339 e. The Bertz CT molecular complexity index is 618. The minimum atomic E-state index is -4.34. The van der Waals surface area contributed by atoms with E-state index in [0.717, 1.165) is 31.6 Å². The molecule has 0 saturated carbocycles. The number of alkyl halides is 3. The zero-order valence-electron chi connectivity index (χ0n) is 11.2. The van der Waals surface area contributed by atoms with Gasteiger partial charge in [0.15, 0.2) is 5.82 Å². The van der Waals surface area contributed by atoms with Crippen LogP contribution in [0, 0.1) is 0 Å². The summed E-state index contributed by atoms with van der Waals surface area (Å²) in [4.78, 5) is 4.28. The summed E-state index contributed by atoms with van der Waals surface area (Å²) in [6, 6.07) is 5.19.